The van der Waals surface area contributed by atoms with Gasteiger partial charge < -0.3 is 0 Å². The zero-order valence-electron chi connectivity index (χ0n) is 7.77. The summed E-state index contributed by atoms with van der Waals surface area (Å²) < 4.78 is 0. The Kier molecular flexibility index (Phi) is 8.19. The van der Waals surface area contributed by atoms with Gasteiger partial charge in [-0.1, -0.05) is 45.4 Å². The van der Waals surface area contributed by atoms with E-state index in [-0.39, 0.29) is 0 Å². The predicted octanol–water partition coefficient (Wildman–Crippen LogP) is 2.75. The van der Waals surface area contributed by atoms with Crippen LogP contribution in [0.15, 0.2) is 0 Å². The van der Waals surface area contributed by atoms with Gasteiger partial charge in [-0.3, -0.25) is 10.5 Å². The molecule has 0 rings (SSSR count). The summed E-state index contributed by atoms with van der Waals surface area (Å²) in [7, 11) is 0. The summed E-state index contributed by atoms with van der Waals surface area (Å²) in [6, 6.07) is 0. The highest BCUT2D eigenvalue weighted by Gasteiger charge is 1.94. The molecule has 0 aromatic heterocycles. The van der Waals surface area contributed by atoms with Crippen molar-refractivity contribution in [3.05, 3.63) is 6.92 Å². The van der Waals surface area contributed by atoms with Crippen molar-refractivity contribution in [2.75, 3.05) is 0 Å². The third kappa shape index (κ3) is 9.47. The lowest BCUT2D eigenvalue weighted by molar-refractivity contribution is -0.118. The first-order valence-electron chi connectivity index (χ1n) is 4.81. The first-order valence-corrected chi connectivity index (χ1v) is 4.81. The van der Waals surface area contributed by atoms with Crippen LogP contribution in [0, 0.1) is 6.92 Å². The molecular weight excluding hydrogens is 150 g/mol. The molecule has 2 heteroatoms. The Balaban J connectivity index is 2.86. The Morgan fingerprint density at radius 3 is 2.00 bits per heavy atom. The van der Waals surface area contributed by atoms with Gasteiger partial charge in [0.2, 0.25) is 5.91 Å². The molecule has 0 bridgehead atoms. The van der Waals surface area contributed by atoms with Crippen molar-refractivity contribution in [2.45, 2.75) is 51.4 Å². The quantitative estimate of drug-likeness (QED) is 0.515. The molecule has 1 N–H and O–H groups in total. The summed E-state index contributed by atoms with van der Waals surface area (Å²) >= 11 is 0. The first kappa shape index (κ1) is 11.5. The van der Waals surface area contributed by atoms with Gasteiger partial charge in [-0.15, -0.1) is 0 Å². The minimum Gasteiger partial charge on any atom is -0.273 e. The van der Waals surface area contributed by atoms with Crippen molar-refractivity contribution in [2.24, 2.45) is 0 Å². The van der Waals surface area contributed by atoms with Crippen LogP contribution in [0.3, 0.4) is 0 Å². The summed E-state index contributed by atoms with van der Waals surface area (Å²) in [5.74, 6) is -0.423. The number of hydrogen-bond donors (Lipinski definition) is 0. The van der Waals surface area contributed by atoms with E-state index in [1.54, 1.807) is 0 Å². The van der Waals surface area contributed by atoms with E-state index in [0.29, 0.717) is 6.42 Å². The highest BCUT2D eigenvalue weighted by molar-refractivity contribution is 5.72. The highest BCUT2D eigenvalue weighted by Crippen LogP contribution is 2.07. The largest absolute Gasteiger partial charge is 0.273 e. The number of rotatable bonds is 8. The molecule has 0 aliphatic rings. The molecule has 0 aliphatic carbocycles. The van der Waals surface area contributed by atoms with Crippen molar-refractivity contribution in [1.29, 1.82) is 0 Å². The Morgan fingerprint density at radius 2 is 1.50 bits per heavy atom. The van der Waals surface area contributed by atoms with Gasteiger partial charge in [0.1, 0.15) is 0 Å². The lowest BCUT2D eigenvalue weighted by atomic mass is 10.1. The minimum absolute atomic E-state index is 0.423. The summed E-state index contributed by atoms with van der Waals surface area (Å²) in [5, 5.41) is 0. The van der Waals surface area contributed by atoms with Crippen LogP contribution in [0.5, 0.6) is 0 Å². The maximum atomic E-state index is 10.2. The van der Waals surface area contributed by atoms with Crippen molar-refractivity contribution >= 4 is 5.91 Å². The fourth-order valence-corrected chi connectivity index (χ4v) is 1.17. The van der Waals surface area contributed by atoms with Gasteiger partial charge in [0.15, 0.2) is 0 Å². The standard InChI is InChI=1S/C10H19NO/c1-2-3-4-5-6-7-8-9-10(11)12/h11H,1-9H2. The zero-order valence-corrected chi connectivity index (χ0v) is 7.77. The summed E-state index contributed by atoms with van der Waals surface area (Å²) in [6.07, 6.45) is 8.40. The molecule has 2 nitrogen and oxygen atoms in total. The molecule has 0 aromatic carbocycles. The van der Waals surface area contributed by atoms with Crippen LogP contribution >= 0.6 is 0 Å². The average Bonchev–Trinajstić information content (AvgIpc) is 2.02. The lowest BCUT2D eigenvalue weighted by Gasteiger charge is -1.98. The lowest BCUT2D eigenvalue weighted by Crippen LogP contribution is -1.96. The predicted molar refractivity (Wildman–Crippen MR) is 50.4 cm³/mol. The van der Waals surface area contributed by atoms with Crippen LogP contribution < -0.4 is 5.73 Å². The van der Waals surface area contributed by atoms with E-state index in [9.17, 15) is 4.79 Å². The van der Waals surface area contributed by atoms with Gasteiger partial charge in [-0.2, -0.15) is 0 Å². The monoisotopic (exact) mass is 169 g/mol. The summed E-state index contributed by atoms with van der Waals surface area (Å²) in [4.78, 5) is 10.2. The zero-order chi connectivity index (χ0) is 9.23. The molecule has 1 amide bonds. The van der Waals surface area contributed by atoms with E-state index >= 15 is 0 Å². The summed E-state index contributed by atoms with van der Waals surface area (Å²) in [6.45, 7) is 3.77. The number of nitrogens with one attached hydrogen (secondary N) is 1. The molecule has 0 spiro atoms. The second kappa shape index (κ2) is 8.57. The molecule has 0 fully saturated rings. The SMILES string of the molecule is [CH2]CCCCCCCCC([NH])=O. The molecule has 0 saturated carbocycles. The van der Waals surface area contributed by atoms with E-state index in [1.807, 2.05) is 0 Å². The van der Waals surface area contributed by atoms with E-state index < -0.39 is 5.91 Å². The van der Waals surface area contributed by atoms with Gasteiger partial charge in [-0.25, -0.2) is 0 Å². The van der Waals surface area contributed by atoms with Crippen LogP contribution in [0.25, 0.3) is 0 Å². The number of carbonyl (C=O) groups is 1. The molecule has 0 heterocycles. The van der Waals surface area contributed by atoms with E-state index in [0.717, 1.165) is 19.3 Å². The summed E-state index contributed by atoms with van der Waals surface area (Å²) in [5.41, 5.74) is 6.68. The Bertz CT molecular complexity index is 112. The number of unbranched alkanes of at least 4 members (excludes halogenated alkanes) is 6. The molecule has 2 radical (unpaired) electrons. The molecule has 12 heavy (non-hydrogen) atoms. The minimum atomic E-state index is -0.423. The number of hydrogen-bond acceptors (Lipinski definition) is 1. The van der Waals surface area contributed by atoms with Crippen LogP contribution in [-0.4, -0.2) is 5.91 Å². The van der Waals surface area contributed by atoms with Gasteiger partial charge >= 0.3 is 0 Å². The van der Waals surface area contributed by atoms with E-state index in [1.165, 1.54) is 25.7 Å². The smallest absolute Gasteiger partial charge is 0.238 e. The second-order valence-corrected chi connectivity index (χ2v) is 3.15. The molecule has 0 unspecified atom stereocenters. The Hall–Kier alpha value is -0.530. The fourth-order valence-electron chi connectivity index (χ4n) is 1.17. The van der Waals surface area contributed by atoms with E-state index in [2.05, 4.69) is 6.92 Å². The maximum Gasteiger partial charge on any atom is 0.238 e. The normalized spacial score (nSPS) is 10.1. The molecule has 0 saturated heterocycles. The first-order chi connectivity index (χ1) is 5.77. The fraction of sp³-hybridized carbons (Fsp3) is 0.800. The third-order valence-electron chi connectivity index (χ3n) is 1.90. The number of amides is 1. The second-order valence-electron chi connectivity index (χ2n) is 3.15. The van der Waals surface area contributed by atoms with Crippen LogP contribution in [0.4, 0.5) is 0 Å². The highest BCUT2D eigenvalue weighted by atomic mass is 16.1. The van der Waals surface area contributed by atoms with Crippen LogP contribution in [-0.2, 0) is 4.79 Å². The molecule has 0 atom stereocenters. The van der Waals surface area contributed by atoms with Gasteiger partial charge in [-0.05, 0) is 6.42 Å². The van der Waals surface area contributed by atoms with E-state index in [4.69, 9.17) is 5.73 Å². The van der Waals surface area contributed by atoms with Crippen LogP contribution in [0.2, 0.25) is 0 Å². The molecular formula is C10H19NO. The van der Waals surface area contributed by atoms with Crippen molar-refractivity contribution in [3.63, 3.8) is 0 Å². The van der Waals surface area contributed by atoms with Gasteiger partial charge in [0.25, 0.3) is 0 Å². The topological polar surface area (TPSA) is 40.9 Å². The Morgan fingerprint density at radius 1 is 1.00 bits per heavy atom. The maximum absolute atomic E-state index is 10.2. The average molecular weight is 169 g/mol. The van der Waals surface area contributed by atoms with Gasteiger partial charge in [0, 0.05) is 6.42 Å². The molecule has 0 aromatic rings. The van der Waals surface area contributed by atoms with Crippen molar-refractivity contribution in [1.82, 2.24) is 5.73 Å². The van der Waals surface area contributed by atoms with Crippen molar-refractivity contribution in [3.8, 4) is 0 Å². The third-order valence-corrected chi connectivity index (χ3v) is 1.90. The molecule has 70 valence electrons. The van der Waals surface area contributed by atoms with Crippen molar-refractivity contribution < 1.29 is 4.79 Å². The van der Waals surface area contributed by atoms with Crippen LogP contribution in [0.1, 0.15) is 51.4 Å². The molecule has 0 aliphatic heterocycles. The Labute approximate surface area is 75.5 Å². The number of carbonyl (C=O) groups excluding carboxylic acids is 1. The van der Waals surface area contributed by atoms with Gasteiger partial charge in [0.05, 0.1) is 0 Å².